The predicted octanol–water partition coefficient (Wildman–Crippen LogP) is 2.72. The van der Waals surface area contributed by atoms with E-state index in [0.29, 0.717) is 16.9 Å². The summed E-state index contributed by atoms with van der Waals surface area (Å²) in [6.07, 6.45) is 5.94. The van der Waals surface area contributed by atoms with E-state index >= 15 is 0 Å². The molecule has 1 N–H and O–H groups in total. The topological polar surface area (TPSA) is 80.1 Å². The summed E-state index contributed by atoms with van der Waals surface area (Å²) in [6, 6.07) is 8.15. The summed E-state index contributed by atoms with van der Waals surface area (Å²) in [7, 11) is 0. The van der Waals surface area contributed by atoms with Gasteiger partial charge in [0.1, 0.15) is 17.6 Å². The first-order valence-electron chi connectivity index (χ1n) is 10.1. The summed E-state index contributed by atoms with van der Waals surface area (Å²) in [5.41, 5.74) is 2.55. The molecule has 1 amide bonds. The molecular formula is C21H25N5O2S. The standard InChI is InChI=1S/C21H25N5O2S/c1-2-15-6-8-16(9-7-15)12-22-17(27)13-26-14-23-19-18(20(26)28)29-21(24-19)25-10-4-3-5-11-25/h6-9,14H,2-5,10-13H2,1H3,(H,22,27). The fourth-order valence-corrected chi connectivity index (χ4v) is 4.49. The highest BCUT2D eigenvalue weighted by atomic mass is 32.1. The number of nitrogens with zero attached hydrogens (tertiary/aromatic N) is 4. The lowest BCUT2D eigenvalue weighted by molar-refractivity contribution is -0.121. The first-order valence-corrected chi connectivity index (χ1v) is 10.9. The minimum Gasteiger partial charge on any atom is -0.350 e. The number of nitrogens with one attached hydrogen (secondary N) is 1. The largest absolute Gasteiger partial charge is 0.350 e. The predicted molar refractivity (Wildman–Crippen MR) is 115 cm³/mol. The van der Waals surface area contributed by atoms with Crippen molar-refractivity contribution in [3.8, 4) is 0 Å². The monoisotopic (exact) mass is 411 g/mol. The highest BCUT2D eigenvalue weighted by Gasteiger charge is 2.18. The van der Waals surface area contributed by atoms with Gasteiger partial charge in [0.25, 0.3) is 5.56 Å². The third kappa shape index (κ3) is 4.48. The molecule has 3 aromatic rings. The first-order chi connectivity index (χ1) is 14.1. The van der Waals surface area contributed by atoms with Crippen molar-refractivity contribution in [1.82, 2.24) is 19.9 Å². The van der Waals surface area contributed by atoms with E-state index in [9.17, 15) is 9.59 Å². The molecular weight excluding hydrogens is 386 g/mol. The maximum absolute atomic E-state index is 12.8. The quantitative estimate of drug-likeness (QED) is 0.675. The van der Waals surface area contributed by atoms with Crippen molar-refractivity contribution >= 4 is 32.7 Å². The normalized spacial score (nSPS) is 14.3. The summed E-state index contributed by atoms with van der Waals surface area (Å²) in [6.45, 7) is 4.43. The van der Waals surface area contributed by atoms with Gasteiger partial charge in [-0.15, -0.1) is 0 Å². The van der Waals surface area contributed by atoms with E-state index in [0.717, 1.165) is 43.0 Å². The third-order valence-electron chi connectivity index (χ3n) is 5.23. The number of rotatable bonds is 6. The van der Waals surface area contributed by atoms with Crippen LogP contribution < -0.4 is 15.8 Å². The van der Waals surface area contributed by atoms with E-state index in [1.54, 1.807) is 0 Å². The van der Waals surface area contributed by atoms with Crippen LogP contribution >= 0.6 is 11.3 Å². The van der Waals surface area contributed by atoms with Gasteiger partial charge in [0.15, 0.2) is 10.8 Å². The lowest BCUT2D eigenvalue weighted by atomic mass is 10.1. The summed E-state index contributed by atoms with van der Waals surface area (Å²) in [5, 5.41) is 3.72. The molecule has 0 bridgehead atoms. The van der Waals surface area contributed by atoms with Crippen molar-refractivity contribution in [2.75, 3.05) is 18.0 Å². The molecule has 3 heterocycles. The average molecular weight is 412 g/mol. The van der Waals surface area contributed by atoms with Crippen LogP contribution in [0.25, 0.3) is 10.3 Å². The third-order valence-corrected chi connectivity index (χ3v) is 6.33. The highest BCUT2D eigenvalue weighted by Crippen LogP contribution is 2.27. The van der Waals surface area contributed by atoms with E-state index in [1.807, 2.05) is 12.1 Å². The van der Waals surface area contributed by atoms with Gasteiger partial charge in [0, 0.05) is 19.6 Å². The van der Waals surface area contributed by atoms with Gasteiger partial charge in [-0.3, -0.25) is 14.2 Å². The number of thiazole rings is 1. The molecule has 0 aliphatic carbocycles. The average Bonchev–Trinajstić information content (AvgIpc) is 3.20. The fraction of sp³-hybridized carbons (Fsp3) is 0.429. The van der Waals surface area contributed by atoms with Gasteiger partial charge in [0.2, 0.25) is 5.91 Å². The van der Waals surface area contributed by atoms with Crippen LogP contribution in [0, 0.1) is 0 Å². The summed E-state index contributed by atoms with van der Waals surface area (Å²) in [4.78, 5) is 36.2. The minimum absolute atomic E-state index is 0.0498. The molecule has 29 heavy (non-hydrogen) atoms. The van der Waals surface area contributed by atoms with Crippen molar-refractivity contribution < 1.29 is 4.79 Å². The molecule has 0 spiro atoms. The van der Waals surface area contributed by atoms with Crippen LogP contribution in [0.2, 0.25) is 0 Å². The number of piperidine rings is 1. The Hall–Kier alpha value is -2.74. The van der Waals surface area contributed by atoms with Crippen LogP contribution in [-0.4, -0.2) is 33.5 Å². The van der Waals surface area contributed by atoms with Crippen LogP contribution in [0.5, 0.6) is 0 Å². The second-order valence-corrected chi connectivity index (χ2v) is 8.30. The Labute approximate surface area is 173 Å². The molecule has 1 aliphatic heterocycles. The number of hydrogen-bond acceptors (Lipinski definition) is 6. The van der Waals surface area contributed by atoms with E-state index in [2.05, 4.69) is 39.2 Å². The molecule has 1 saturated heterocycles. The zero-order valence-electron chi connectivity index (χ0n) is 16.6. The highest BCUT2D eigenvalue weighted by molar-refractivity contribution is 7.22. The zero-order chi connectivity index (χ0) is 20.2. The molecule has 8 heteroatoms. The van der Waals surface area contributed by atoms with Crippen LogP contribution in [0.15, 0.2) is 35.4 Å². The van der Waals surface area contributed by atoms with Gasteiger partial charge in [-0.05, 0) is 36.8 Å². The number of aryl methyl sites for hydroxylation is 1. The number of aromatic nitrogens is 3. The van der Waals surface area contributed by atoms with Crippen LogP contribution in [0.4, 0.5) is 5.13 Å². The Morgan fingerprint density at radius 2 is 1.86 bits per heavy atom. The molecule has 0 saturated carbocycles. The van der Waals surface area contributed by atoms with Crippen LogP contribution in [-0.2, 0) is 24.3 Å². The molecule has 4 rings (SSSR count). The van der Waals surface area contributed by atoms with Crippen LogP contribution in [0.1, 0.15) is 37.3 Å². The van der Waals surface area contributed by atoms with Crippen molar-refractivity contribution in [3.63, 3.8) is 0 Å². The number of carbonyl (C=O) groups is 1. The van der Waals surface area contributed by atoms with E-state index < -0.39 is 0 Å². The Balaban J connectivity index is 1.43. The zero-order valence-corrected chi connectivity index (χ0v) is 17.4. The maximum Gasteiger partial charge on any atom is 0.273 e. The Morgan fingerprint density at radius 3 is 2.59 bits per heavy atom. The molecule has 0 atom stereocenters. The fourth-order valence-electron chi connectivity index (χ4n) is 3.47. The van der Waals surface area contributed by atoms with E-state index in [4.69, 9.17) is 0 Å². The molecule has 0 radical (unpaired) electrons. The van der Waals surface area contributed by atoms with Gasteiger partial charge >= 0.3 is 0 Å². The van der Waals surface area contributed by atoms with Gasteiger partial charge in [-0.2, -0.15) is 4.98 Å². The van der Waals surface area contributed by atoms with Crippen molar-refractivity contribution in [3.05, 3.63) is 52.1 Å². The van der Waals surface area contributed by atoms with Gasteiger partial charge < -0.3 is 10.2 Å². The van der Waals surface area contributed by atoms with Crippen molar-refractivity contribution in [1.29, 1.82) is 0 Å². The molecule has 1 aliphatic rings. The number of carbonyl (C=O) groups excluding carboxylic acids is 1. The molecule has 2 aromatic heterocycles. The molecule has 7 nitrogen and oxygen atoms in total. The second kappa shape index (κ2) is 8.73. The summed E-state index contributed by atoms with van der Waals surface area (Å²) >= 11 is 1.37. The summed E-state index contributed by atoms with van der Waals surface area (Å²) < 4.78 is 1.87. The second-order valence-electron chi connectivity index (χ2n) is 7.32. The minimum atomic E-state index is -0.214. The van der Waals surface area contributed by atoms with Gasteiger partial charge in [0.05, 0.1) is 0 Å². The maximum atomic E-state index is 12.8. The van der Waals surface area contributed by atoms with Gasteiger partial charge in [-0.25, -0.2) is 4.98 Å². The Morgan fingerprint density at radius 1 is 1.14 bits per heavy atom. The SMILES string of the molecule is CCc1ccc(CNC(=O)Cn2cnc3nc(N4CCCCC4)sc3c2=O)cc1. The molecule has 1 aromatic carbocycles. The Kier molecular flexibility index (Phi) is 5.89. The van der Waals surface area contributed by atoms with Crippen molar-refractivity contribution in [2.24, 2.45) is 0 Å². The number of anilines is 1. The van der Waals surface area contributed by atoms with Crippen molar-refractivity contribution in [2.45, 2.75) is 45.7 Å². The number of hydrogen-bond donors (Lipinski definition) is 1. The summed E-state index contributed by atoms with van der Waals surface area (Å²) in [5.74, 6) is -0.214. The Bertz CT molecular complexity index is 1050. The van der Waals surface area contributed by atoms with E-state index in [-0.39, 0.29) is 18.0 Å². The smallest absolute Gasteiger partial charge is 0.273 e. The number of fused-ring (bicyclic) bond motifs is 1. The first kappa shape index (κ1) is 19.6. The van der Waals surface area contributed by atoms with Gasteiger partial charge in [-0.1, -0.05) is 42.5 Å². The number of benzene rings is 1. The molecule has 1 fully saturated rings. The lowest BCUT2D eigenvalue weighted by Crippen LogP contribution is -2.31. The van der Waals surface area contributed by atoms with E-state index in [1.165, 1.54) is 34.2 Å². The molecule has 152 valence electrons. The molecule has 0 unspecified atom stereocenters. The number of amides is 1. The lowest BCUT2D eigenvalue weighted by Gasteiger charge is -2.25. The van der Waals surface area contributed by atoms with Crippen LogP contribution in [0.3, 0.4) is 0 Å².